The molecule has 0 aromatic heterocycles. The van der Waals surface area contributed by atoms with Crippen molar-refractivity contribution in [1.29, 1.82) is 0 Å². The molecular formula is C55H105NO3. The Balaban J connectivity index is 3.53. The Kier molecular flexibility index (Phi) is 49.8. The number of unbranched alkanes of at least 4 members (excludes halogenated alkanes) is 38. The van der Waals surface area contributed by atoms with E-state index in [2.05, 4.69) is 43.5 Å². The van der Waals surface area contributed by atoms with Crippen molar-refractivity contribution in [2.75, 3.05) is 6.61 Å². The van der Waals surface area contributed by atoms with Crippen molar-refractivity contribution in [3.63, 3.8) is 0 Å². The van der Waals surface area contributed by atoms with Crippen molar-refractivity contribution in [3.8, 4) is 0 Å². The molecule has 0 aliphatic rings. The maximum atomic E-state index is 12.4. The predicted molar refractivity (Wildman–Crippen MR) is 262 cm³/mol. The molecule has 0 saturated carbocycles. The highest BCUT2D eigenvalue weighted by atomic mass is 16.3. The zero-order valence-corrected chi connectivity index (χ0v) is 40.0. The Bertz CT molecular complexity index is 897. The summed E-state index contributed by atoms with van der Waals surface area (Å²) in [5.41, 5.74) is 0. The van der Waals surface area contributed by atoms with Crippen molar-refractivity contribution >= 4 is 5.91 Å². The van der Waals surface area contributed by atoms with Gasteiger partial charge in [0, 0.05) is 6.42 Å². The Hall–Kier alpha value is -1.39. The lowest BCUT2D eigenvalue weighted by atomic mass is 10.0. The lowest BCUT2D eigenvalue weighted by molar-refractivity contribution is -0.123. The first-order valence-electron chi connectivity index (χ1n) is 26.7. The molecule has 0 heterocycles. The molecule has 0 aliphatic heterocycles. The number of hydrogen-bond acceptors (Lipinski definition) is 3. The second kappa shape index (κ2) is 51.0. The molecule has 4 nitrogen and oxygen atoms in total. The van der Waals surface area contributed by atoms with E-state index in [9.17, 15) is 15.0 Å². The van der Waals surface area contributed by atoms with E-state index in [1.807, 2.05) is 6.08 Å². The molecule has 0 radical (unpaired) electrons. The van der Waals surface area contributed by atoms with Gasteiger partial charge in [0.1, 0.15) is 0 Å². The predicted octanol–water partition coefficient (Wildman–Crippen LogP) is 17.3. The highest BCUT2D eigenvalue weighted by Crippen LogP contribution is 2.17. The number of allylic oxidation sites excluding steroid dienone is 5. The SMILES string of the molecule is CCCCCCCCCCCCC/C=C/CC/C=C/CC/C=C/C(O)C(CO)NC(=O)CCCCCCCCCCCCCCCCCCCCCCCCCCCC. The van der Waals surface area contributed by atoms with Gasteiger partial charge in [0.25, 0.3) is 0 Å². The van der Waals surface area contributed by atoms with Crippen LogP contribution in [0.1, 0.15) is 290 Å². The number of carbonyl (C=O) groups is 1. The molecule has 3 N–H and O–H groups in total. The van der Waals surface area contributed by atoms with Gasteiger partial charge in [-0.05, 0) is 44.9 Å². The average Bonchev–Trinajstić information content (AvgIpc) is 3.24. The molecule has 2 atom stereocenters. The van der Waals surface area contributed by atoms with Gasteiger partial charge in [0.2, 0.25) is 5.91 Å². The van der Waals surface area contributed by atoms with Gasteiger partial charge in [0.05, 0.1) is 18.8 Å². The normalized spacial score (nSPS) is 13.1. The van der Waals surface area contributed by atoms with E-state index in [4.69, 9.17) is 0 Å². The van der Waals surface area contributed by atoms with Gasteiger partial charge < -0.3 is 15.5 Å². The van der Waals surface area contributed by atoms with Crippen molar-refractivity contribution < 1.29 is 15.0 Å². The van der Waals surface area contributed by atoms with E-state index in [-0.39, 0.29) is 12.5 Å². The summed E-state index contributed by atoms with van der Waals surface area (Å²) in [5.74, 6) is -0.0726. The molecule has 2 unspecified atom stereocenters. The highest BCUT2D eigenvalue weighted by molar-refractivity contribution is 5.76. The summed E-state index contributed by atoms with van der Waals surface area (Å²) in [6.45, 7) is 4.32. The van der Waals surface area contributed by atoms with Crippen LogP contribution < -0.4 is 5.32 Å². The van der Waals surface area contributed by atoms with Gasteiger partial charge >= 0.3 is 0 Å². The quantitative estimate of drug-likeness (QED) is 0.0423. The van der Waals surface area contributed by atoms with Gasteiger partial charge in [-0.15, -0.1) is 0 Å². The minimum atomic E-state index is -0.868. The standard InChI is InChI=1S/C55H105NO3/c1-3-5-7-9-11-13-15-17-19-21-23-25-26-27-28-29-31-33-35-37-39-41-43-45-47-49-51-55(59)56-53(52-57)54(58)50-48-46-44-42-40-38-36-34-32-30-24-22-20-18-16-14-12-10-8-6-4-2/h32,34,40,42,48,50,53-54,57-58H,3-31,33,35-39,41,43-47,49,51-52H2,1-2H3,(H,56,59)/b34-32+,42-40+,50-48+. The molecule has 348 valence electrons. The minimum Gasteiger partial charge on any atom is -0.394 e. The van der Waals surface area contributed by atoms with Crippen LogP contribution >= 0.6 is 0 Å². The number of amides is 1. The average molecular weight is 828 g/mol. The first-order valence-corrected chi connectivity index (χ1v) is 26.7. The lowest BCUT2D eigenvalue weighted by Crippen LogP contribution is -2.45. The molecule has 0 spiro atoms. The molecule has 1 amide bonds. The molecule has 0 aromatic rings. The van der Waals surface area contributed by atoms with Crippen LogP contribution in [0.5, 0.6) is 0 Å². The molecular weight excluding hydrogens is 723 g/mol. The largest absolute Gasteiger partial charge is 0.394 e. The monoisotopic (exact) mass is 828 g/mol. The van der Waals surface area contributed by atoms with Gasteiger partial charge in [-0.3, -0.25) is 4.79 Å². The smallest absolute Gasteiger partial charge is 0.220 e. The maximum Gasteiger partial charge on any atom is 0.220 e. The first kappa shape index (κ1) is 57.6. The van der Waals surface area contributed by atoms with Crippen LogP contribution in [0.25, 0.3) is 0 Å². The van der Waals surface area contributed by atoms with Crippen LogP contribution in [-0.2, 0) is 4.79 Å². The van der Waals surface area contributed by atoms with Crippen LogP contribution in [0.2, 0.25) is 0 Å². The lowest BCUT2D eigenvalue weighted by Gasteiger charge is -2.19. The Morgan fingerprint density at radius 3 is 0.983 bits per heavy atom. The van der Waals surface area contributed by atoms with Gasteiger partial charge in [-0.1, -0.05) is 275 Å². The second-order valence-electron chi connectivity index (χ2n) is 18.3. The summed E-state index contributed by atoms with van der Waals surface area (Å²) in [6.07, 6.45) is 68.7. The van der Waals surface area contributed by atoms with E-state index in [1.54, 1.807) is 6.08 Å². The van der Waals surface area contributed by atoms with E-state index < -0.39 is 12.1 Å². The summed E-state index contributed by atoms with van der Waals surface area (Å²) in [4.78, 5) is 12.4. The first-order chi connectivity index (χ1) is 29.2. The summed E-state index contributed by atoms with van der Waals surface area (Å²) >= 11 is 0. The van der Waals surface area contributed by atoms with Crippen LogP contribution in [0.3, 0.4) is 0 Å². The molecule has 0 aromatic carbocycles. The Labute approximate surface area is 370 Å². The van der Waals surface area contributed by atoms with Crippen molar-refractivity contribution in [2.24, 2.45) is 0 Å². The summed E-state index contributed by atoms with van der Waals surface area (Å²) in [6, 6.07) is -0.643. The fourth-order valence-corrected chi connectivity index (χ4v) is 8.27. The van der Waals surface area contributed by atoms with Crippen LogP contribution in [0.15, 0.2) is 36.5 Å². The van der Waals surface area contributed by atoms with Crippen LogP contribution in [0, 0.1) is 0 Å². The Morgan fingerprint density at radius 2 is 0.661 bits per heavy atom. The van der Waals surface area contributed by atoms with Gasteiger partial charge in [0.15, 0.2) is 0 Å². The van der Waals surface area contributed by atoms with Gasteiger partial charge in [-0.25, -0.2) is 0 Å². The molecule has 59 heavy (non-hydrogen) atoms. The van der Waals surface area contributed by atoms with E-state index >= 15 is 0 Å². The number of aliphatic hydroxyl groups excluding tert-OH is 2. The molecule has 0 saturated heterocycles. The number of nitrogens with one attached hydrogen (secondary N) is 1. The topological polar surface area (TPSA) is 69.6 Å². The van der Waals surface area contributed by atoms with E-state index in [0.717, 1.165) is 38.5 Å². The van der Waals surface area contributed by atoms with Crippen molar-refractivity contribution in [2.45, 2.75) is 302 Å². The Morgan fingerprint density at radius 1 is 0.390 bits per heavy atom. The molecule has 0 bridgehead atoms. The molecule has 0 rings (SSSR count). The van der Waals surface area contributed by atoms with Gasteiger partial charge in [-0.2, -0.15) is 0 Å². The third kappa shape index (κ3) is 47.5. The highest BCUT2D eigenvalue weighted by Gasteiger charge is 2.17. The van der Waals surface area contributed by atoms with Crippen molar-refractivity contribution in [3.05, 3.63) is 36.5 Å². The maximum absolute atomic E-state index is 12.4. The summed E-state index contributed by atoms with van der Waals surface area (Å²) < 4.78 is 0. The minimum absolute atomic E-state index is 0.0726. The molecule has 4 heteroatoms. The van der Waals surface area contributed by atoms with Crippen molar-refractivity contribution in [1.82, 2.24) is 5.32 Å². The van der Waals surface area contributed by atoms with E-state index in [0.29, 0.717) is 6.42 Å². The van der Waals surface area contributed by atoms with Crippen LogP contribution in [-0.4, -0.2) is 34.9 Å². The third-order valence-corrected chi connectivity index (χ3v) is 12.4. The number of carbonyl (C=O) groups excluding carboxylic acids is 1. The fraction of sp³-hybridized carbons (Fsp3) is 0.873. The number of aliphatic hydroxyl groups is 2. The summed E-state index contributed by atoms with van der Waals surface area (Å²) in [7, 11) is 0. The number of rotatable bonds is 49. The zero-order valence-electron chi connectivity index (χ0n) is 40.0. The summed E-state index contributed by atoms with van der Waals surface area (Å²) in [5, 5.41) is 23.1. The molecule has 0 fully saturated rings. The van der Waals surface area contributed by atoms with E-state index in [1.165, 1.54) is 231 Å². The fourth-order valence-electron chi connectivity index (χ4n) is 8.27. The third-order valence-electron chi connectivity index (χ3n) is 12.4. The van der Waals surface area contributed by atoms with Crippen LogP contribution in [0.4, 0.5) is 0 Å². The molecule has 0 aliphatic carbocycles. The second-order valence-corrected chi connectivity index (χ2v) is 18.3. The number of hydrogen-bond donors (Lipinski definition) is 3. The zero-order chi connectivity index (χ0) is 42.8.